The number of piperidine rings is 2. The minimum absolute atomic E-state index is 0.00818. The predicted octanol–water partition coefficient (Wildman–Crippen LogP) is 4.38. The van der Waals surface area contributed by atoms with E-state index in [-0.39, 0.29) is 35.8 Å². The smallest absolute Gasteiger partial charge is 0.303 e. The van der Waals surface area contributed by atoms with Crippen LogP contribution >= 0.6 is 0 Å². The van der Waals surface area contributed by atoms with Gasteiger partial charge in [0, 0.05) is 30.6 Å². The molecule has 42 heavy (non-hydrogen) atoms. The van der Waals surface area contributed by atoms with E-state index in [0.717, 1.165) is 43.0 Å². The van der Waals surface area contributed by atoms with E-state index in [0.29, 0.717) is 23.6 Å². The molecule has 4 fully saturated rings. The summed E-state index contributed by atoms with van der Waals surface area (Å²) in [6.07, 6.45) is 14.7. The van der Waals surface area contributed by atoms with Gasteiger partial charge in [0.25, 0.3) is 11.5 Å². The van der Waals surface area contributed by atoms with Crippen molar-refractivity contribution in [1.82, 2.24) is 14.5 Å². The number of para-hydroxylation sites is 2. The van der Waals surface area contributed by atoms with Crippen molar-refractivity contribution in [3.63, 3.8) is 0 Å². The van der Waals surface area contributed by atoms with Crippen LogP contribution in [0, 0.1) is 11.8 Å². The molecule has 4 aliphatic rings. The van der Waals surface area contributed by atoms with Gasteiger partial charge in [-0.05, 0) is 68.9 Å². The molecule has 0 spiro atoms. The number of benzene rings is 1. The summed E-state index contributed by atoms with van der Waals surface area (Å²) in [5, 5.41) is 13.3. The molecule has 1 amide bonds. The number of aliphatic carboxylic acids is 1. The number of nitrogens with two attached hydrogens (primary N) is 1. The quantitative estimate of drug-likeness (QED) is 0.333. The number of aromatic nitrogens is 2. The van der Waals surface area contributed by atoms with Crippen LogP contribution in [0.5, 0.6) is 0 Å². The Hall–Kier alpha value is -3.27. The number of oxime groups is 1. The molecule has 4 bridgehead atoms. The third-order valence-electron chi connectivity index (χ3n) is 10.2. The third kappa shape index (κ3) is 6.09. The molecule has 2 aliphatic carbocycles. The van der Waals surface area contributed by atoms with Crippen LogP contribution in [0.1, 0.15) is 102 Å². The van der Waals surface area contributed by atoms with Crippen LogP contribution in [0.2, 0.25) is 0 Å². The van der Waals surface area contributed by atoms with Gasteiger partial charge in [0.15, 0.2) is 12.3 Å². The Kier molecular flexibility index (Phi) is 8.60. The number of carboxylic acids is 1. The van der Waals surface area contributed by atoms with Gasteiger partial charge in [-0.15, -0.1) is 0 Å². The summed E-state index contributed by atoms with van der Waals surface area (Å²) in [7, 11) is 0. The molecule has 2 aliphatic heterocycles. The molecule has 3 N–H and O–H groups in total. The predicted molar refractivity (Wildman–Crippen MR) is 159 cm³/mol. The maximum absolute atomic E-state index is 14.3. The molecule has 2 saturated heterocycles. The molecule has 1 aromatic carbocycles. The first-order valence-corrected chi connectivity index (χ1v) is 15.9. The van der Waals surface area contributed by atoms with Crippen LogP contribution in [-0.4, -0.2) is 61.9 Å². The summed E-state index contributed by atoms with van der Waals surface area (Å²) in [5.41, 5.74) is 6.52. The van der Waals surface area contributed by atoms with Crippen LogP contribution in [0.25, 0.3) is 11.0 Å². The molecule has 5 atom stereocenters. The molecule has 226 valence electrons. The average Bonchev–Trinajstić information content (AvgIpc) is 3.12. The molecule has 10 heteroatoms. The Labute approximate surface area is 246 Å². The minimum atomic E-state index is -1.03. The van der Waals surface area contributed by atoms with Crippen LogP contribution < -0.4 is 11.3 Å². The first-order chi connectivity index (χ1) is 20.4. The highest BCUT2D eigenvalue weighted by molar-refractivity contribution is 6.00. The summed E-state index contributed by atoms with van der Waals surface area (Å²) < 4.78 is 1.89. The number of nitrogens with zero attached hydrogens (tertiary/aromatic N) is 4. The highest BCUT2D eigenvalue weighted by Crippen LogP contribution is 2.47. The monoisotopic (exact) mass is 577 g/mol. The fourth-order valence-electron chi connectivity index (χ4n) is 8.62. The van der Waals surface area contributed by atoms with Gasteiger partial charge in [-0.2, -0.15) is 0 Å². The number of rotatable bonds is 9. The van der Waals surface area contributed by atoms with E-state index in [4.69, 9.17) is 10.6 Å². The standard InChI is InChI=1S/C32H43N5O5/c33-29(38)19-42-35-27(12-13-30(39)40)31-32(41)37(28-11-4-3-10-26(28)34-31)25-17-22-8-5-9-23(18-25)36(22)24-15-20-6-1-2-7-21(14-20)16-24/h3-4,10-11,20-25H,1-2,5-9,12-19H2,(H2,33,38)(H,39,40)/b35-27+/t20?,21?,22-,23+,24?,25+. The van der Waals surface area contributed by atoms with Crippen LogP contribution in [0.15, 0.2) is 34.2 Å². The maximum Gasteiger partial charge on any atom is 0.303 e. The molecule has 6 rings (SSSR count). The molecule has 2 unspecified atom stereocenters. The highest BCUT2D eigenvalue weighted by Gasteiger charge is 2.45. The van der Waals surface area contributed by atoms with Crippen LogP contribution in [-0.2, 0) is 14.4 Å². The Morgan fingerprint density at radius 1 is 0.905 bits per heavy atom. The van der Waals surface area contributed by atoms with Crippen LogP contribution in [0.4, 0.5) is 0 Å². The molecule has 0 radical (unpaired) electrons. The van der Waals surface area contributed by atoms with E-state index in [9.17, 15) is 19.5 Å². The van der Waals surface area contributed by atoms with Crippen molar-refractivity contribution in [2.24, 2.45) is 22.7 Å². The molecule has 1 aromatic heterocycles. The van der Waals surface area contributed by atoms with E-state index < -0.39 is 18.5 Å². The van der Waals surface area contributed by atoms with Gasteiger partial charge in [-0.3, -0.25) is 19.3 Å². The van der Waals surface area contributed by atoms with Gasteiger partial charge in [0.1, 0.15) is 5.71 Å². The Morgan fingerprint density at radius 2 is 1.60 bits per heavy atom. The zero-order valence-corrected chi connectivity index (χ0v) is 24.3. The number of carboxylic acid groups (broad SMARTS) is 1. The van der Waals surface area contributed by atoms with Gasteiger partial charge >= 0.3 is 5.97 Å². The summed E-state index contributed by atoms with van der Waals surface area (Å²) >= 11 is 0. The number of primary amides is 1. The topological polar surface area (TPSA) is 140 Å². The summed E-state index contributed by atoms with van der Waals surface area (Å²) in [4.78, 5) is 49.5. The van der Waals surface area contributed by atoms with Gasteiger partial charge in [-0.1, -0.05) is 49.4 Å². The lowest BCUT2D eigenvalue weighted by Crippen LogP contribution is -2.58. The summed E-state index contributed by atoms with van der Waals surface area (Å²) in [6, 6.07) is 9.19. The van der Waals surface area contributed by atoms with Crippen molar-refractivity contribution in [3.05, 3.63) is 40.3 Å². The average molecular weight is 578 g/mol. The number of hydrogen-bond acceptors (Lipinski definition) is 7. The second kappa shape index (κ2) is 12.5. The number of amides is 1. The number of carbonyl (C=O) groups excluding carboxylic acids is 1. The minimum Gasteiger partial charge on any atom is -0.481 e. The van der Waals surface area contributed by atoms with E-state index in [1.807, 2.05) is 28.8 Å². The first-order valence-electron chi connectivity index (χ1n) is 15.9. The van der Waals surface area contributed by atoms with E-state index in [1.165, 1.54) is 51.4 Å². The number of carbonyl (C=O) groups is 2. The highest BCUT2D eigenvalue weighted by atomic mass is 16.6. The van der Waals surface area contributed by atoms with Crippen molar-refractivity contribution in [3.8, 4) is 0 Å². The van der Waals surface area contributed by atoms with E-state index in [2.05, 4.69) is 15.0 Å². The zero-order chi connectivity index (χ0) is 29.2. The second-order valence-corrected chi connectivity index (χ2v) is 13.0. The van der Waals surface area contributed by atoms with Crippen LogP contribution in [0.3, 0.4) is 0 Å². The van der Waals surface area contributed by atoms with Gasteiger partial charge in [0.05, 0.1) is 17.5 Å². The molecule has 2 saturated carbocycles. The number of hydrogen-bond donors (Lipinski definition) is 2. The number of fused-ring (bicyclic) bond motifs is 5. The fraction of sp³-hybridized carbons (Fsp3) is 0.656. The fourth-order valence-corrected chi connectivity index (χ4v) is 8.62. The van der Waals surface area contributed by atoms with Crippen molar-refractivity contribution in [2.45, 2.75) is 114 Å². The molecule has 3 heterocycles. The first kappa shape index (κ1) is 28.8. The zero-order valence-electron chi connectivity index (χ0n) is 24.3. The largest absolute Gasteiger partial charge is 0.481 e. The lowest BCUT2D eigenvalue weighted by Gasteiger charge is -2.54. The Morgan fingerprint density at radius 3 is 2.26 bits per heavy atom. The lowest BCUT2D eigenvalue weighted by atomic mass is 9.73. The van der Waals surface area contributed by atoms with Gasteiger partial charge in [0.2, 0.25) is 0 Å². The van der Waals surface area contributed by atoms with Gasteiger partial charge in [-0.25, -0.2) is 4.98 Å². The van der Waals surface area contributed by atoms with Crippen molar-refractivity contribution >= 4 is 28.6 Å². The molecule has 2 aromatic rings. The van der Waals surface area contributed by atoms with Gasteiger partial charge < -0.3 is 20.2 Å². The van der Waals surface area contributed by atoms with E-state index >= 15 is 0 Å². The van der Waals surface area contributed by atoms with Crippen molar-refractivity contribution in [1.29, 1.82) is 0 Å². The normalized spacial score (nSPS) is 30.0. The maximum atomic E-state index is 14.3. The second-order valence-electron chi connectivity index (χ2n) is 13.0. The molecular formula is C32H43N5O5. The lowest BCUT2D eigenvalue weighted by molar-refractivity contribution is -0.136. The van der Waals surface area contributed by atoms with Crippen molar-refractivity contribution in [2.75, 3.05) is 6.61 Å². The molecule has 10 nitrogen and oxygen atoms in total. The van der Waals surface area contributed by atoms with Crippen molar-refractivity contribution < 1.29 is 19.5 Å². The Bertz CT molecular complexity index is 1380. The summed E-state index contributed by atoms with van der Waals surface area (Å²) in [6.45, 7) is -0.469. The summed E-state index contributed by atoms with van der Waals surface area (Å²) in [5.74, 6) is -0.00849. The van der Waals surface area contributed by atoms with E-state index in [1.54, 1.807) is 0 Å². The molecular weight excluding hydrogens is 534 g/mol. The Balaban J connectivity index is 1.34. The SMILES string of the molecule is NC(=O)CO/N=C(\CCC(=O)O)c1nc2ccccc2n([C@H]2C[C@H]3CCC[C@@H](C2)N3C2CC3CCCCC(C3)C2)c1=O. The third-order valence-corrected chi connectivity index (χ3v) is 10.2.